The van der Waals surface area contributed by atoms with Gasteiger partial charge in [-0.2, -0.15) is 0 Å². The third-order valence-electron chi connectivity index (χ3n) is 2.25. The summed E-state index contributed by atoms with van der Waals surface area (Å²) >= 11 is 5.80. The third-order valence-corrected chi connectivity index (χ3v) is 2.47. The second-order valence-electron chi connectivity index (χ2n) is 3.29. The molecule has 4 nitrogen and oxygen atoms in total. The van der Waals surface area contributed by atoms with E-state index in [1.165, 1.54) is 6.33 Å². The summed E-state index contributed by atoms with van der Waals surface area (Å²) < 4.78 is 0. The minimum Gasteiger partial charge on any atom is -0.308 e. The molecule has 0 aliphatic heterocycles. The molecule has 16 heavy (non-hydrogen) atoms. The summed E-state index contributed by atoms with van der Waals surface area (Å²) in [4.78, 5) is 12.3. The molecule has 1 N–H and O–H groups in total. The number of nitrogens with one attached hydrogen (secondary N) is 1. The van der Waals surface area contributed by atoms with E-state index in [1.54, 1.807) is 18.6 Å². The second kappa shape index (κ2) is 5.01. The van der Waals surface area contributed by atoms with Crippen LogP contribution in [0.25, 0.3) is 0 Å². The highest BCUT2D eigenvalue weighted by molar-refractivity contribution is 6.30. The van der Waals surface area contributed by atoms with Crippen molar-refractivity contribution in [2.75, 3.05) is 7.05 Å². The zero-order valence-corrected chi connectivity index (χ0v) is 9.52. The third kappa shape index (κ3) is 2.35. The molecule has 2 heterocycles. The van der Waals surface area contributed by atoms with Crippen LogP contribution in [0.15, 0.2) is 37.1 Å². The number of rotatable bonds is 3. The Labute approximate surface area is 98.7 Å². The zero-order valence-electron chi connectivity index (χ0n) is 8.76. The smallest absolute Gasteiger partial charge is 0.115 e. The van der Waals surface area contributed by atoms with Gasteiger partial charge < -0.3 is 5.32 Å². The Hall–Kier alpha value is -1.52. The molecule has 0 spiro atoms. The average Bonchev–Trinajstić information content (AvgIpc) is 2.34. The van der Waals surface area contributed by atoms with E-state index in [1.807, 2.05) is 19.2 Å². The van der Waals surface area contributed by atoms with Crippen molar-refractivity contribution in [3.05, 3.63) is 53.3 Å². The number of pyridine rings is 1. The molecule has 2 aromatic heterocycles. The first-order valence-corrected chi connectivity index (χ1v) is 5.22. The Morgan fingerprint density at radius 3 is 2.50 bits per heavy atom. The quantitative estimate of drug-likeness (QED) is 0.881. The van der Waals surface area contributed by atoms with Gasteiger partial charge in [-0.25, -0.2) is 9.97 Å². The monoisotopic (exact) mass is 234 g/mol. The first-order valence-electron chi connectivity index (χ1n) is 4.85. The molecule has 0 aliphatic carbocycles. The Kier molecular flexibility index (Phi) is 3.44. The Morgan fingerprint density at radius 1 is 1.19 bits per heavy atom. The minimum atomic E-state index is -0.0153. The highest BCUT2D eigenvalue weighted by atomic mass is 35.5. The summed E-state index contributed by atoms with van der Waals surface area (Å²) in [6.45, 7) is 0. The first kappa shape index (κ1) is 11.0. The fourth-order valence-corrected chi connectivity index (χ4v) is 1.61. The maximum atomic E-state index is 5.80. The van der Waals surface area contributed by atoms with Crippen molar-refractivity contribution >= 4 is 11.6 Å². The Balaban J connectivity index is 2.33. The molecule has 0 saturated heterocycles. The van der Waals surface area contributed by atoms with Gasteiger partial charge in [-0.1, -0.05) is 11.6 Å². The average molecular weight is 235 g/mol. The molecule has 0 bridgehead atoms. The van der Waals surface area contributed by atoms with Gasteiger partial charge in [0.2, 0.25) is 0 Å². The van der Waals surface area contributed by atoms with Crippen LogP contribution in [0, 0.1) is 0 Å². The standard InChI is InChI=1S/C11H11ClN4/c1-13-11(8-4-14-7-15-5-8)10-3-2-9(12)6-16-10/h2-7,11,13H,1H3. The van der Waals surface area contributed by atoms with Crippen LogP contribution in [0.1, 0.15) is 17.3 Å². The number of nitrogens with zero attached hydrogens (tertiary/aromatic N) is 3. The molecular weight excluding hydrogens is 224 g/mol. The minimum absolute atomic E-state index is 0.0153. The van der Waals surface area contributed by atoms with Crippen molar-refractivity contribution in [2.45, 2.75) is 6.04 Å². The lowest BCUT2D eigenvalue weighted by Gasteiger charge is -2.14. The van der Waals surface area contributed by atoms with Crippen LogP contribution in [0.4, 0.5) is 0 Å². The zero-order chi connectivity index (χ0) is 11.4. The molecule has 0 fully saturated rings. The van der Waals surface area contributed by atoms with Gasteiger partial charge in [0.25, 0.3) is 0 Å². The van der Waals surface area contributed by atoms with Crippen molar-refractivity contribution in [1.29, 1.82) is 0 Å². The highest BCUT2D eigenvalue weighted by Gasteiger charge is 2.13. The van der Waals surface area contributed by atoms with Crippen molar-refractivity contribution in [1.82, 2.24) is 20.3 Å². The predicted molar refractivity (Wildman–Crippen MR) is 62.2 cm³/mol. The van der Waals surface area contributed by atoms with E-state index in [0.717, 1.165) is 11.3 Å². The van der Waals surface area contributed by atoms with E-state index < -0.39 is 0 Å². The molecule has 2 rings (SSSR count). The van der Waals surface area contributed by atoms with Crippen LogP contribution < -0.4 is 5.32 Å². The summed E-state index contributed by atoms with van der Waals surface area (Å²) in [5.74, 6) is 0. The topological polar surface area (TPSA) is 50.7 Å². The van der Waals surface area contributed by atoms with Gasteiger partial charge in [0.15, 0.2) is 0 Å². The molecule has 0 saturated carbocycles. The first-order chi connectivity index (χ1) is 7.81. The van der Waals surface area contributed by atoms with Crippen LogP contribution in [-0.4, -0.2) is 22.0 Å². The molecule has 0 radical (unpaired) electrons. The van der Waals surface area contributed by atoms with Crippen LogP contribution >= 0.6 is 11.6 Å². The van der Waals surface area contributed by atoms with Crippen molar-refractivity contribution in [3.8, 4) is 0 Å². The SMILES string of the molecule is CNC(c1cncnc1)c1ccc(Cl)cn1. The lowest BCUT2D eigenvalue weighted by atomic mass is 10.1. The summed E-state index contributed by atoms with van der Waals surface area (Å²) in [6, 6.07) is 3.69. The van der Waals surface area contributed by atoms with Crippen molar-refractivity contribution < 1.29 is 0 Å². The Morgan fingerprint density at radius 2 is 1.94 bits per heavy atom. The molecule has 1 atom stereocenters. The lowest BCUT2D eigenvalue weighted by Crippen LogP contribution is -2.19. The number of halogens is 1. The fraction of sp³-hybridized carbons (Fsp3) is 0.182. The molecule has 5 heteroatoms. The van der Waals surface area contributed by atoms with E-state index in [9.17, 15) is 0 Å². The number of hydrogen-bond acceptors (Lipinski definition) is 4. The molecule has 82 valence electrons. The van der Waals surface area contributed by atoms with Crippen LogP contribution in [0.2, 0.25) is 5.02 Å². The second-order valence-corrected chi connectivity index (χ2v) is 3.73. The molecule has 1 unspecified atom stereocenters. The van der Waals surface area contributed by atoms with Gasteiger partial charge in [-0.05, 0) is 19.2 Å². The molecule has 0 aromatic carbocycles. The largest absolute Gasteiger partial charge is 0.308 e. The van der Waals surface area contributed by atoms with Gasteiger partial charge >= 0.3 is 0 Å². The maximum absolute atomic E-state index is 5.80. The Bertz CT molecular complexity index is 443. The van der Waals surface area contributed by atoms with Gasteiger partial charge in [0, 0.05) is 24.2 Å². The van der Waals surface area contributed by atoms with Crippen LogP contribution in [0.5, 0.6) is 0 Å². The summed E-state index contributed by atoms with van der Waals surface area (Å²) in [5, 5.41) is 3.80. The number of aromatic nitrogens is 3. The number of hydrogen-bond donors (Lipinski definition) is 1. The van der Waals surface area contributed by atoms with E-state index in [2.05, 4.69) is 20.3 Å². The van der Waals surface area contributed by atoms with E-state index in [4.69, 9.17) is 11.6 Å². The van der Waals surface area contributed by atoms with Crippen LogP contribution in [0.3, 0.4) is 0 Å². The fourth-order valence-electron chi connectivity index (χ4n) is 1.50. The van der Waals surface area contributed by atoms with E-state index >= 15 is 0 Å². The van der Waals surface area contributed by atoms with Gasteiger partial charge in [0.1, 0.15) is 6.33 Å². The molecule has 2 aromatic rings. The molecular formula is C11H11ClN4. The molecule has 0 amide bonds. The lowest BCUT2D eigenvalue weighted by molar-refractivity contribution is 0.664. The predicted octanol–water partition coefficient (Wildman–Crippen LogP) is 1.83. The van der Waals surface area contributed by atoms with Crippen molar-refractivity contribution in [3.63, 3.8) is 0 Å². The van der Waals surface area contributed by atoms with Gasteiger partial charge in [0.05, 0.1) is 16.8 Å². The summed E-state index contributed by atoms with van der Waals surface area (Å²) in [5.41, 5.74) is 1.86. The van der Waals surface area contributed by atoms with Crippen molar-refractivity contribution in [2.24, 2.45) is 0 Å². The summed E-state index contributed by atoms with van der Waals surface area (Å²) in [7, 11) is 1.87. The van der Waals surface area contributed by atoms with E-state index in [0.29, 0.717) is 5.02 Å². The van der Waals surface area contributed by atoms with E-state index in [-0.39, 0.29) is 6.04 Å². The highest BCUT2D eigenvalue weighted by Crippen LogP contribution is 2.19. The van der Waals surface area contributed by atoms with Gasteiger partial charge in [-0.15, -0.1) is 0 Å². The normalized spacial score (nSPS) is 12.4. The maximum Gasteiger partial charge on any atom is 0.115 e. The molecule has 0 aliphatic rings. The van der Waals surface area contributed by atoms with Crippen LogP contribution in [-0.2, 0) is 0 Å². The van der Waals surface area contributed by atoms with Gasteiger partial charge in [-0.3, -0.25) is 4.98 Å². The summed E-state index contributed by atoms with van der Waals surface area (Å²) in [6.07, 6.45) is 6.67.